The molecule has 2 aromatic rings. The zero-order valence-corrected chi connectivity index (χ0v) is 18.8. The molecule has 166 valence electrons. The molecule has 2 aromatic carbocycles. The summed E-state index contributed by atoms with van der Waals surface area (Å²) < 4.78 is 13.2. The van der Waals surface area contributed by atoms with Gasteiger partial charge < -0.3 is 15.1 Å². The molecule has 0 radical (unpaired) electrons. The van der Waals surface area contributed by atoms with Gasteiger partial charge in [0.1, 0.15) is 11.9 Å². The predicted octanol–water partition coefficient (Wildman–Crippen LogP) is 4.05. The summed E-state index contributed by atoms with van der Waals surface area (Å²) in [5, 5.41) is 2.95. The Kier molecular flexibility index (Phi) is 7.31. The first kappa shape index (κ1) is 22.8. The number of rotatable bonds is 6. The molecule has 1 saturated heterocycles. The minimum Gasteiger partial charge on any atom is -0.378 e. The minimum atomic E-state index is -0.571. The highest BCUT2D eigenvalue weighted by molar-refractivity contribution is 5.98. The molecule has 1 aliphatic rings. The summed E-state index contributed by atoms with van der Waals surface area (Å²) >= 11 is 0. The second kappa shape index (κ2) is 9.94. The van der Waals surface area contributed by atoms with Gasteiger partial charge in [0.05, 0.1) is 0 Å². The Hall–Kier alpha value is -2.89. The van der Waals surface area contributed by atoms with Crippen LogP contribution in [0.25, 0.3) is 0 Å². The number of halogens is 1. The second-order valence-electron chi connectivity index (χ2n) is 8.79. The van der Waals surface area contributed by atoms with Crippen LogP contribution in [0.5, 0.6) is 0 Å². The van der Waals surface area contributed by atoms with Gasteiger partial charge in [-0.25, -0.2) is 4.39 Å². The summed E-state index contributed by atoms with van der Waals surface area (Å²) in [6.45, 7) is 5.17. The van der Waals surface area contributed by atoms with Crippen molar-refractivity contribution in [1.82, 2.24) is 10.2 Å². The third-order valence-corrected chi connectivity index (χ3v) is 5.99. The Balaban J connectivity index is 1.63. The van der Waals surface area contributed by atoms with Crippen molar-refractivity contribution in [2.24, 2.45) is 5.92 Å². The molecule has 5 nitrogen and oxygen atoms in total. The van der Waals surface area contributed by atoms with Crippen molar-refractivity contribution in [2.45, 2.75) is 38.6 Å². The van der Waals surface area contributed by atoms with Crippen molar-refractivity contribution in [1.29, 1.82) is 0 Å². The van der Waals surface area contributed by atoms with Crippen molar-refractivity contribution in [3.05, 3.63) is 65.5 Å². The van der Waals surface area contributed by atoms with Crippen molar-refractivity contribution >= 4 is 17.5 Å². The number of piperidine rings is 1. The topological polar surface area (TPSA) is 52.7 Å². The molecule has 0 saturated carbocycles. The number of anilines is 1. The number of nitrogens with one attached hydrogen (secondary N) is 1. The molecule has 1 heterocycles. The van der Waals surface area contributed by atoms with Gasteiger partial charge in [-0.15, -0.1) is 0 Å². The van der Waals surface area contributed by atoms with Gasteiger partial charge in [0.2, 0.25) is 5.91 Å². The lowest BCUT2D eigenvalue weighted by Crippen LogP contribution is -2.52. The first-order valence-electron chi connectivity index (χ1n) is 10.9. The number of hydrogen-bond acceptors (Lipinski definition) is 3. The lowest BCUT2D eigenvalue weighted by atomic mass is 9.89. The molecule has 6 heteroatoms. The van der Waals surface area contributed by atoms with E-state index in [0.717, 1.165) is 24.1 Å². The van der Waals surface area contributed by atoms with E-state index >= 15 is 0 Å². The summed E-state index contributed by atoms with van der Waals surface area (Å²) in [6.07, 6.45) is 1.67. The summed E-state index contributed by atoms with van der Waals surface area (Å²) in [5.41, 5.74) is 2.59. The number of hydrogen-bond donors (Lipinski definition) is 1. The highest BCUT2D eigenvalue weighted by atomic mass is 19.1. The molecule has 0 spiro atoms. The van der Waals surface area contributed by atoms with Crippen LogP contribution in [0.1, 0.15) is 48.5 Å². The van der Waals surface area contributed by atoms with E-state index in [-0.39, 0.29) is 23.5 Å². The number of benzene rings is 2. The smallest absolute Gasteiger partial charge is 0.252 e. The quantitative estimate of drug-likeness (QED) is 0.760. The van der Waals surface area contributed by atoms with Crippen LogP contribution in [0.2, 0.25) is 0 Å². The van der Waals surface area contributed by atoms with Crippen molar-refractivity contribution in [3.8, 4) is 0 Å². The molecular weight excluding hydrogens is 393 g/mol. The number of nitrogens with zero attached hydrogens (tertiary/aromatic N) is 2. The van der Waals surface area contributed by atoms with Gasteiger partial charge in [-0.05, 0) is 60.6 Å². The molecule has 3 rings (SSSR count). The van der Waals surface area contributed by atoms with E-state index in [2.05, 4.69) is 5.32 Å². The summed E-state index contributed by atoms with van der Waals surface area (Å²) in [7, 11) is 3.85. The van der Waals surface area contributed by atoms with Gasteiger partial charge in [-0.1, -0.05) is 32.0 Å². The second-order valence-corrected chi connectivity index (χ2v) is 8.79. The number of likely N-dealkylation sites (tertiary alicyclic amines) is 1. The molecule has 1 N–H and O–H groups in total. The summed E-state index contributed by atoms with van der Waals surface area (Å²) in [4.78, 5) is 29.9. The predicted molar refractivity (Wildman–Crippen MR) is 122 cm³/mol. The van der Waals surface area contributed by atoms with Crippen molar-refractivity contribution < 1.29 is 14.0 Å². The largest absolute Gasteiger partial charge is 0.378 e. The van der Waals surface area contributed by atoms with Crippen molar-refractivity contribution in [3.63, 3.8) is 0 Å². The normalized spacial score (nSPS) is 15.6. The first-order valence-corrected chi connectivity index (χ1v) is 10.9. The molecule has 31 heavy (non-hydrogen) atoms. The Morgan fingerprint density at radius 1 is 1.06 bits per heavy atom. The Morgan fingerprint density at radius 3 is 2.29 bits per heavy atom. The van der Waals surface area contributed by atoms with E-state index in [1.54, 1.807) is 6.07 Å². The molecule has 1 atom stereocenters. The van der Waals surface area contributed by atoms with E-state index < -0.39 is 6.04 Å². The van der Waals surface area contributed by atoms with Gasteiger partial charge in [0.25, 0.3) is 5.91 Å². The number of amides is 2. The van der Waals surface area contributed by atoms with Crippen LogP contribution in [-0.4, -0.2) is 49.9 Å². The molecule has 2 amide bonds. The van der Waals surface area contributed by atoms with E-state index in [4.69, 9.17) is 0 Å². The fourth-order valence-corrected chi connectivity index (χ4v) is 4.03. The lowest BCUT2D eigenvalue weighted by Gasteiger charge is -2.35. The van der Waals surface area contributed by atoms with Crippen LogP contribution in [0, 0.1) is 11.7 Å². The first-order chi connectivity index (χ1) is 14.8. The van der Waals surface area contributed by atoms with Gasteiger partial charge in [0, 0.05) is 38.4 Å². The average Bonchev–Trinajstić information content (AvgIpc) is 2.77. The minimum absolute atomic E-state index is 0.0247. The van der Waals surface area contributed by atoms with Crippen molar-refractivity contribution in [2.75, 3.05) is 32.1 Å². The average molecular weight is 426 g/mol. The maximum atomic E-state index is 13.2. The Bertz CT molecular complexity index is 903. The molecular formula is C25H32FN3O2. The SMILES string of the molecule is CC(C)[C@@H](NC(=O)c1cccc(N(C)C)c1)C(=O)N1CCC(c2ccc(F)cc2)CC1. The molecule has 0 unspecified atom stereocenters. The number of carbonyl (C=O) groups excluding carboxylic acids is 2. The van der Waals surface area contributed by atoms with Crippen LogP contribution < -0.4 is 10.2 Å². The molecule has 0 aromatic heterocycles. The van der Waals surface area contributed by atoms with E-state index in [1.165, 1.54) is 12.1 Å². The van der Waals surface area contributed by atoms with Gasteiger partial charge in [0.15, 0.2) is 0 Å². The maximum absolute atomic E-state index is 13.2. The Morgan fingerprint density at radius 2 is 1.71 bits per heavy atom. The summed E-state index contributed by atoms with van der Waals surface area (Å²) in [6, 6.07) is 13.4. The summed E-state index contributed by atoms with van der Waals surface area (Å²) in [5.74, 6) is -0.210. The van der Waals surface area contributed by atoms with Crippen LogP contribution in [0.3, 0.4) is 0 Å². The molecule has 1 fully saturated rings. The zero-order valence-electron chi connectivity index (χ0n) is 18.8. The lowest BCUT2D eigenvalue weighted by molar-refractivity contribution is -0.135. The molecule has 1 aliphatic heterocycles. The third-order valence-electron chi connectivity index (χ3n) is 5.99. The van der Waals surface area contributed by atoms with E-state index in [0.29, 0.717) is 24.6 Å². The van der Waals surface area contributed by atoms with E-state index in [9.17, 15) is 14.0 Å². The highest BCUT2D eigenvalue weighted by Crippen LogP contribution is 2.28. The van der Waals surface area contributed by atoms with Gasteiger partial charge >= 0.3 is 0 Å². The monoisotopic (exact) mass is 425 g/mol. The van der Waals surface area contributed by atoms with Gasteiger partial charge in [-0.2, -0.15) is 0 Å². The highest BCUT2D eigenvalue weighted by Gasteiger charge is 2.31. The maximum Gasteiger partial charge on any atom is 0.252 e. The van der Waals surface area contributed by atoms with Crippen LogP contribution in [0.4, 0.5) is 10.1 Å². The third kappa shape index (κ3) is 5.63. The van der Waals surface area contributed by atoms with Crippen LogP contribution in [0.15, 0.2) is 48.5 Å². The van der Waals surface area contributed by atoms with Gasteiger partial charge in [-0.3, -0.25) is 9.59 Å². The standard InChI is InChI=1S/C25H32FN3O2/c1-17(2)23(27-24(30)20-6-5-7-22(16-20)28(3)4)25(31)29-14-12-19(13-15-29)18-8-10-21(26)11-9-18/h5-11,16-17,19,23H,12-15H2,1-4H3,(H,27,30)/t23-/m1/s1. The fraction of sp³-hybridized carbons (Fsp3) is 0.440. The van der Waals surface area contributed by atoms with E-state index in [1.807, 2.05) is 68.1 Å². The molecule has 0 bridgehead atoms. The van der Waals surface area contributed by atoms with Crippen LogP contribution >= 0.6 is 0 Å². The molecule has 0 aliphatic carbocycles. The Labute approximate surface area is 184 Å². The number of carbonyl (C=O) groups is 2. The zero-order chi connectivity index (χ0) is 22.5. The fourth-order valence-electron chi connectivity index (χ4n) is 4.03. The van der Waals surface area contributed by atoms with Crippen LogP contribution in [-0.2, 0) is 4.79 Å².